The van der Waals surface area contributed by atoms with Crippen molar-refractivity contribution in [3.05, 3.63) is 59.2 Å². The van der Waals surface area contributed by atoms with Gasteiger partial charge in [0.25, 0.3) is 5.91 Å². The minimum Gasteiger partial charge on any atom is -0.336 e. The standard InChI is InChI=1S/C20H20N2O2/c23-19-12-16-5-4-15(11-18(16)13-19)14-2-1-3-17(10-14)20(24)22-8-6-21-7-9-22/h1-5,10-11,21H,6-9,12-13H2. The van der Waals surface area contributed by atoms with Gasteiger partial charge in [-0.3, -0.25) is 9.59 Å². The zero-order chi connectivity index (χ0) is 16.5. The van der Waals surface area contributed by atoms with Gasteiger partial charge in [-0.25, -0.2) is 0 Å². The number of piperazine rings is 1. The molecule has 2 aliphatic rings. The third-order valence-electron chi connectivity index (χ3n) is 4.83. The minimum atomic E-state index is 0.0923. The van der Waals surface area contributed by atoms with E-state index >= 15 is 0 Å². The van der Waals surface area contributed by atoms with Crippen molar-refractivity contribution in [1.29, 1.82) is 0 Å². The minimum absolute atomic E-state index is 0.0923. The van der Waals surface area contributed by atoms with Crippen LogP contribution < -0.4 is 5.32 Å². The highest BCUT2D eigenvalue weighted by atomic mass is 16.2. The third kappa shape index (κ3) is 2.85. The Balaban J connectivity index is 1.62. The lowest BCUT2D eigenvalue weighted by Gasteiger charge is -2.27. The molecule has 122 valence electrons. The Morgan fingerprint density at radius 1 is 0.917 bits per heavy atom. The number of amides is 1. The molecule has 4 heteroatoms. The van der Waals surface area contributed by atoms with E-state index in [1.54, 1.807) is 0 Å². The molecule has 1 N–H and O–H groups in total. The molecule has 0 bridgehead atoms. The van der Waals surface area contributed by atoms with E-state index in [0.29, 0.717) is 12.8 Å². The fraction of sp³-hybridized carbons (Fsp3) is 0.300. The van der Waals surface area contributed by atoms with E-state index < -0.39 is 0 Å². The maximum absolute atomic E-state index is 12.7. The fourth-order valence-corrected chi connectivity index (χ4v) is 3.51. The number of carbonyl (C=O) groups is 2. The summed E-state index contributed by atoms with van der Waals surface area (Å²) in [4.78, 5) is 26.2. The highest BCUT2D eigenvalue weighted by Gasteiger charge is 2.20. The first-order chi connectivity index (χ1) is 11.7. The normalized spacial score (nSPS) is 17.0. The van der Waals surface area contributed by atoms with Gasteiger partial charge < -0.3 is 10.2 Å². The van der Waals surface area contributed by atoms with Crippen LogP contribution in [-0.4, -0.2) is 42.8 Å². The van der Waals surface area contributed by atoms with Crippen molar-refractivity contribution in [2.75, 3.05) is 26.2 Å². The lowest BCUT2D eigenvalue weighted by molar-refractivity contribution is -0.117. The lowest BCUT2D eigenvalue weighted by Crippen LogP contribution is -2.46. The average molecular weight is 320 g/mol. The van der Waals surface area contributed by atoms with E-state index in [-0.39, 0.29) is 11.7 Å². The topological polar surface area (TPSA) is 49.4 Å². The van der Waals surface area contributed by atoms with Crippen molar-refractivity contribution in [2.45, 2.75) is 12.8 Å². The van der Waals surface area contributed by atoms with Gasteiger partial charge in [0.15, 0.2) is 0 Å². The molecule has 0 atom stereocenters. The van der Waals surface area contributed by atoms with Gasteiger partial charge in [-0.05, 0) is 34.4 Å². The van der Waals surface area contributed by atoms with Crippen LogP contribution in [0.15, 0.2) is 42.5 Å². The molecule has 1 heterocycles. The van der Waals surface area contributed by atoms with E-state index in [2.05, 4.69) is 11.4 Å². The van der Waals surface area contributed by atoms with E-state index in [1.165, 1.54) is 0 Å². The number of nitrogens with zero attached hydrogens (tertiary/aromatic N) is 1. The number of carbonyl (C=O) groups excluding carboxylic acids is 2. The quantitative estimate of drug-likeness (QED) is 0.921. The monoisotopic (exact) mass is 320 g/mol. The molecule has 1 fully saturated rings. The van der Waals surface area contributed by atoms with Crippen molar-refractivity contribution in [2.24, 2.45) is 0 Å². The molecule has 0 unspecified atom stereocenters. The molecule has 1 saturated heterocycles. The van der Waals surface area contributed by atoms with Crippen molar-refractivity contribution in [3.8, 4) is 11.1 Å². The maximum atomic E-state index is 12.7. The molecule has 4 nitrogen and oxygen atoms in total. The van der Waals surface area contributed by atoms with Gasteiger partial charge in [0.2, 0.25) is 0 Å². The number of ketones is 1. The van der Waals surface area contributed by atoms with Crippen LogP contribution in [0.3, 0.4) is 0 Å². The summed E-state index contributed by atoms with van der Waals surface area (Å²) < 4.78 is 0. The molecule has 0 spiro atoms. The molecular formula is C20H20N2O2. The van der Waals surface area contributed by atoms with E-state index in [0.717, 1.165) is 54.0 Å². The van der Waals surface area contributed by atoms with Crippen molar-refractivity contribution in [1.82, 2.24) is 10.2 Å². The zero-order valence-electron chi connectivity index (χ0n) is 13.5. The van der Waals surface area contributed by atoms with Crippen molar-refractivity contribution >= 4 is 11.7 Å². The Morgan fingerprint density at radius 3 is 2.50 bits per heavy atom. The number of hydrogen-bond acceptors (Lipinski definition) is 3. The van der Waals surface area contributed by atoms with Crippen molar-refractivity contribution in [3.63, 3.8) is 0 Å². The summed E-state index contributed by atoms with van der Waals surface area (Å²) in [5, 5.41) is 3.26. The largest absolute Gasteiger partial charge is 0.336 e. The number of nitrogens with one attached hydrogen (secondary N) is 1. The Kier molecular flexibility index (Phi) is 3.90. The highest BCUT2D eigenvalue weighted by molar-refractivity contribution is 5.95. The highest BCUT2D eigenvalue weighted by Crippen LogP contribution is 2.27. The zero-order valence-corrected chi connectivity index (χ0v) is 13.5. The fourth-order valence-electron chi connectivity index (χ4n) is 3.51. The molecule has 24 heavy (non-hydrogen) atoms. The Morgan fingerprint density at radius 2 is 1.67 bits per heavy atom. The third-order valence-corrected chi connectivity index (χ3v) is 4.83. The summed E-state index contributed by atoms with van der Waals surface area (Å²) in [6.07, 6.45) is 1.08. The van der Waals surface area contributed by atoms with Crippen LogP contribution in [0.25, 0.3) is 11.1 Å². The Hall–Kier alpha value is -2.46. The van der Waals surface area contributed by atoms with Gasteiger partial charge in [-0.1, -0.05) is 30.3 Å². The molecule has 0 aromatic heterocycles. The van der Waals surface area contributed by atoms with Crippen LogP contribution >= 0.6 is 0 Å². The number of benzene rings is 2. The van der Waals surface area contributed by atoms with Gasteiger partial charge in [-0.15, -0.1) is 0 Å². The van der Waals surface area contributed by atoms with E-state index in [4.69, 9.17) is 0 Å². The molecule has 4 rings (SSSR count). The summed E-state index contributed by atoms with van der Waals surface area (Å²) in [5.74, 6) is 0.375. The van der Waals surface area contributed by atoms with Gasteiger partial charge in [0.05, 0.1) is 0 Å². The Bertz CT molecular complexity index is 807. The number of Topliss-reactive ketones (excluding diaryl/α,β-unsaturated/α-hetero) is 1. The summed E-state index contributed by atoms with van der Waals surface area (Å²) in [6, 6.07) is 14.0. The summed E-state index contributed by atoms with van der Waals surface area (Å²) in [6.45, 7) is 3.21. The lowest BCUT2D eigenvalue weighted by atomic mass is 9.99. The molecule has 2 aromatic carbocycles. The van der Waals surface area contributed by atoms with Gasteiger partial charge in [0.1, 0.15) is 5.78 Å². The smallest absolute Gasteiger partial charge is 0.253 e. The van der Waals surface area contributed by atoms with Crippen LogP contribution in [0, 0.1) is 0 Å². The summed E-state index contributed by atoms with van der Waals surface area (Å²) in [7, 11) is 0. The van der Waals surface area contributed by atoms with Crippen LogP contribution in [0.4, 0.5) is 0 Å². The van der Waals surface area contributed by atoms with Gasteiger partial charge in [0, 0.05) is 44.6 Å². The van der Waals surface area contributed by atoms with Crippen LogP contribution in [0.2, 0.25) is 0 Å². The molecule has 0 radical (unpaired) electrons. The number of rotatable bonds is 2. The van der Waals surface area contributed by atoms with E-state index in [1.807, 2.05) is 41.3 Å². The molecule has 2 aromatic rings. The summed E-state index contributed by atoms with van der Waals surface area (Å²) in [5.41, 5.74) is 5.08. The SMILES string of the molecule is O=C1Cc2ccc(-c3cccc(C(=O)N4CCNCC4)c3)cc2C1. The molecule has 1 amide bonds. The Labute approximate surface area is 141 Å². The van der Waals surface area contributed by atoms with Gasteiger partial charge >= 0.3 is 0 Å². The van der Waals surface area contributed by atoms with Crippen LogP contribution in [-0.2, 0) is 17.6 Å². The maximum Gasteiger partial charge on any atom is 0.253 e. The van der Waals surface area contributed by atoms with Gasteiger partial charge in [-0.2, -0.15) is 0 Å². The average Bonchev–Trinajstić information content (AvgIpc) is 3.01. The molecule has 1 aliphatic heterocycles. The molecule has 0 saturated carbocycles. The predicted octanol–water partition coefficient (Wildman–Crippen LogP) is 2.07. The summed E-state index contributed by atoms with van der Waals surface area (Å²) >= 11 is 0. The first-order valence-electron chi connectivity index (χ1n) is 8.45. The number of fused-ring (bicyclic) bond motifs is 1. The second-order valence-corrected chi connectivity index (χ2v) is 6.50. The van der Waals surface area contributed by atoms with Crippen LogP contribution in [0.1, 0.15) is 21.5 Å². The molecular weight excluding hydrogens is 300 g/mol. The van der Waals surface area contributed by atoms with E-state index in [9.17, 15) is 9.59 Å². The second kappa shape index (κ2) is 6.21. The first-order valence-corrected chi connectivity index (χ1v) is 8.45. The first kappa shape index (κ1) is 15.1. The van der Waals surface area contributed by atoms with Crippen molar-refractivity contribution < 1.29 is 9.59 Å². The second-order valence-electron chi connectivity index (χ2n) is 6.50. The number of hydrogen-bond donors (Lipinski definition) is 1. The van der Waals surface area contributed by atoms with Crippen LogP contribution in [0.5, 0.6) is 0 Å². The predicted molar refractivity (Wildman–Crippen MR) is 93.1 cm³/mol. The molecule has 1 aliphatic carbocycles.